The standard InChI is InChI=1S/C10H23N3O3S/c1-4-5-6-13(2)17(14,15)12-9-7-11-8-10(9)16-3/h9-12H,4-8H2,1-3H3/t9?,10-/m0/s1. The molecular formula is C10H23N3O3S. The Kier molecular flexibility index (Phi) is 5.81. The predicted molar refractivity (Wildman–Crippen MR) is 67.0 cm³/mol. The van der Waals surface area contributed by atoms with E-state index < -0.39 is 10.2 Å². The van der Waals surface area contributed by atoms with Crippen LogP contribution in [0.4, 0.5) is 0 Å². The van der Waals surface area contributed by atoms with E-state index in [2.05, 4.69) is 10.0 Å². The van der Waals surface area contributed by atoms with Gasteiger partial charge in [0, 0.05) is 33.8 Å². The van der Waals surface area contributed by atoms with Gasteiger partial charge in [0.1, 0.15) is 0 Å². The van der Waals surface area contributed by atoms with Crippen LogP contribution in [0.25, 0.3) is 0 Å². The molecule has 0 aromatic heterocycles. The van der Waals surface area contributed by atoms with Crippen LogP contribution in [0.15, 0.2) is 0 Å². The van der Waals surface area contributed by atoms with Crippen molar-refractivity contribution in [2.75, 3.05) is 33.8 Å². The zero-order valence-electron chi connectivity index (χ0n) is 10.8. The highest BCUT2D eigenvalue weighted by molar-refractivity contribution is 7.87. The average Bonchev–Trinajstić information content (AvgIpc) is 2.72. The zero-order chi connectivity index (χ0) is 12.9. The summed E-state index contributed by atoms with van der Waals surface area (Å²) in [6.45, 7) is 3.88. The summed E-state index contributed by atoms with van der Waals surface area (Å²) in [5.74, 6) is 0. The SMILES string of the molecule is CCCCN(C)S(=O)(=O)NC1CNC[C@@H]1OC. The van der Waals surface area contributed by atoms with Crippen LogP contribution in [-0.4, -0.2) is 58.7 Å². The molecule has 0 saturated carbocycles. The highest BCUT2D eigenvalue weighted by Crippen LogP contribution is 2.07. The quantitative estimate of drug-likeness (QED) is 0.653. The third kappa shape index (κ3) is 4.18. The van der Waals surface area contributed by atoms with E-state index in [4.69, 9.17) is 4.74 Å². The maximum absolute atomic E-state index is 12.0. The van der Waals surface area contributed by atoms with Crippen LogP contribution in [0.2, 0.25) is 0 Å². The minimum absolute atomic E-state index is 0.0932. The van der Waals surface area contributed by atoms with Gasteiger partial charge in [0.05, 0.1) is 12.1 Å². The van der Waals surface area contributed by atoms with Gasteiger partial charge in [0.25, 0.3) is 10.2 Å². The summed E-state index contributed by atoms with van der Waals surface area (Å²) in [4.78, 5) is 0. The van der Waals surface area contributed by atoms with Crippen molar-refractivity contribution in [2.45, 2.75) is 31.9 Å². The molecule has 2 atom stereocenters. The monoisotopic (exact) mass is 265 g/mol. The van der Waals surface area contributed by atoms with Gasteiger partial charge in [-0.1, -0.05) is 13.3 Å². The fraction of sp³-hybridized carbons (Fsp3) is 1.00. The van der Waals surface area contributed by atoms with Gasteiger partial charge in [0.2, 0.25) is 0 Å². The Morgan fingerprint density at radius 3 is 2.76 bits per heavy atom. The van der Waals surface area contributed by atoms with Crippen molar-refractivity contribution in [1.29, 1.82) is 0 Å². The second-order valence-electron chi connectivity index (χ2n) is 4.34. The number of nitrogens with one attached hydrogen (secondary N) is 2. The summed E-state index contributed by atoms with van der Waals surface area (Å²) in [5.41, 5.74) is 0. The average molecular weight is 265 g/mol. The Labute approximate surface area is 104 Å². The van der Waals surface area contributed by atoms with E-state index in [0.29, 0.717) is 19.6 Å². The zero-order valence-corrected chi connectivity index (χ0v) is 11.6. The largest absolute Gasteiger partial charge is 0.378 e. The second-order valence-corrected chi connectivity index (χ2v) is 6.15. The number of unbranched alkanes of at least 4 members (excludes halogenated alkanes) is 1. The summed E-state index contributed by atoms with van der Waals surface area (Å²) in [5, 5.41) is 3.11. The van der Waals surface area contributed by atoms with Crippen molar-refractivity contribution in [2.24, 2.45) is 0 Å². The molecule has 6 nitrogen and oxygen atoms in total. The normalized spacial score (nSPS) is 25.6. The number of methoxy groups -OCH3 is 1. The van der Waals surface area contributed by atoms with Gasteiger partial charge in [-0.25, -0.2) is 0 Å². The van der Waals surface area contributed by atoms with E-state index in [1.807, 2.05) is 6.92 Å². The van der Waals surface area contributed by atoms with Gasteiger partial charge >= 0.3 is 0 Å². The lowest BCUT2D eigenvalue weighted by Crippen LogP contribution is -2.49. The molecule has 1 aliphatic rings. The van der Waals surface area contributed by atoms with Crippen molar-refractivity contribution in [3.05, 3.63) is 0 Å². The number of ether oxygens (including phenoxy) is 1. The minimum atomic E-state index is -3.40. The predicted octanol–water partition coefficient (Wildman–Crippen LogP) is -0.460. The smallest absolute Gasteiger partial charge is 0.279 e. The topological polar surface area (TPSA) is 70.7 Å². The van der Waals surface area contributed by atoms with E-state index in [1.165, 1.54) is 4.31 Å². The molecule has 1 fully saturated rings. The second kappa shape index (κ2) is 6.65. The van der Waals surface area contributed by atoms with Crippen molar-refractivity contribution < 1.29 is 13.2 Å². The van der Waals surface area contributed by atoms with Crippen molar-refractivity contribution in [1.82, 2.24) is 14.3 Å². The molecule has 7 heteroatoms. The summed E-state index contributed by atoms with van der Waals surface area (Å²) in [6, 6.07) is -0.186. The molecule has 2 N–H and O–H groups in total. The third-order valence-electron chi connectivity index (χ3n) is 3.00. The molecule has 0 radical (unpaired) electrons. The first-order valence-electron chi connectivity index (χ1n) is 5.98. The first-order chi connectivity index (χ1) is 8.01. The Bertz CT molecular complexity index is 321. The van der Waals surface area contributed by atoms with Gasteiger partial charge in [-0.05, 0) is 6.42 Å². The lowest BCUT2D eigenvalue weighted by Gasteiger charge is -2.23. The van der Waals surface area contributed by atoms with Gasteiger partial charge in [-0.3, -0.25) is 0 Å². The number of hydrogen-bond donors (Lipinski definition) is 2. The lowest BCUT2D eigenvalue weighted by molar-refractivity contribution is 0.102. The molecule has 1 unspecified atom stereocenters. The molecule has 0 aromatic rings. The maximum Gasteiger partial charge on any atom is 0.279 e. The molecule has 1 heterocycles. The number of rotatable bonds is 7. The van der Waals surface area contributed by atoms with E-state index in [9.17, 15) is 8.42 Å². The first-order valence-corrected chi connectivity index (χ1v) is 7.42. The maximum atomic E-state index is 12.0. The van der Waals surface area contributed by atoms with Gasteiger partial charge in [-0.2, -0.15) is 17.4 Å². The molecule has 0 aromatic carbocycles. The van der Waals surface area contributed by atoms with E-state index in [1.54, 1.807) is 14.2 Å². The fourth-order valence-electron chi connectivity index (χ4n) is 1.80. The summed E-state index contributed by atoms with van der Waals surface area (Å²) >= 11 is 0. The van der Waals surface area contributed by atoms with Crippen LogP contribution in [0.5, 0.6) is 0 Å². The summed E-state index contributed by atoms with van der Waals surface area (Å²) in [6.07, 6.45) is 1.75. The van der Waals surface area contributed by atoms with Crippen LogP contribution in [-0.2, 0) is 14.9 Å². The van der Waals surface area contributed by atoms with E-state index in [-0.39, 0.29) is 12.1 Å². The third-order valence-corrected chi connectivity index (χ3v) is 4.60. The molecule has 0 bridgehead atoms. The summed E-state index contributed by atoms with van der Waals surface area (Å²) in [7, 11) is -0.199. The minimum Gasteiger partial charge on any atom is -0.378 e. The Morgan fingerprint density at radius 2 is 2.18 bits per heavy atom. The van der Waals surface area contributed by atoms with E-state index in [0.717, 1.165) is 12.8 Å². The van der Waals surface area contributed by atoms with Crippen LogP contribution >= 0.6 is 0 Å². The molecule has 102 valence electrons. The molecule has 0 amide bonds. The van der Waals surface area contributed by atoms with Crippen LogP contribution < -0.4 is 10.0 Å². The molecule has 1 rings (SSSR count). The number of hydrogen-bond acceptors (Lipinski definition) is 4. The Hall–Kier alpha value is -0.210. The molecule has 0 spiro atoms. The molecule has 17 heavy (non-hydrogen) atoms. The molecule has 0 aliphatic carbocycles. The van der Waals surface area contributed by atoms with Crippen molar-refractivity contribution in [3.63, 3.8) is 0 Å². The highest BCUT2D eigenvalue weighted by Gasteiger charge is 2.31. The van der Waals surface area contributed by atoms with Crippen LogP contribution in [0.3, 0.4) is 0 Å². The fourth-order valence-corrected chi connectivity index (χ4v) is 2.97. The van der Waals surface area contributed by atoms with Crippen LogP contribution in [0.1, 0.15) is 19.8 Å². The first kappa shape index (κ1) is 14.8. The molecule has 1 aliphatic heterocycles. The van der Waals surface area contributed by atoms with Gasteiger partial charge < -0.3 is 10.1 Å². The van der Waals surface area contributed by atoms with Gasteiger partial charge in [-0.15, -0.1) is 0 Å². The van der Waals surface area contributed by atoms with Crippen molar-refractivity contribution >= 4 is 10.2 Å². The molecule has 1 saturated heterocycles. The summed E-state index contributed by atoms with van der Waals surface area (Å²) < 4.78 is 33.2. The Balaban J connectivity index is 2.53. The highest BCUT2D eigenvalue weighted by atomic mass is 32.2. The van der Waals surface area contributed by atoms with Crippen LogP contribution in [0, 0.1) is 0 Å². The molecular weight excluding hydrogens is 242 g/mol. The number of nitrogens with zero attached hydrogens (tertiary/aromatic N) is 1. The van der Waals surface area contributed by atoms with Gasteiger partial charge in [0.15, 0.2) is 0 Å². The lowest BCUT2D eigenvalue weighted by atomic mass is 10.2. The Morgan fingerprint density at radius 1 is 1.47 bits per heavy atom. The van der Waals surface area contributed by atoms with E-state index >= 15 is 0 Å². The van der Waals surface area contributed by atoms with Crippen molar-refractivity contribution in [3.8, 4) is 0 Å².